The van der Waals surface area contributed by atoms with Crippen molar-refractivity contribution in [3.8, 4) is 5.75 Å². The lowest BCUT2D eigenvalue weighted by Crippen LogP contribution is -2.22. The average molecular weight is 223 g/mol. The van der Waals surface area contributed by atoms with Crippen molar-refractivity contribution < 1.29 is 9.84 Å². The minimum atomic E-state index is -0.466. The summed E-state index contributed by atoms with van der Waals surface area (Å²) in [5, 5.41) is 9.31. The quantitative estimate of drug-likeness (QED) is 0.799. The van der Waals surface area contributed by atoms with Gasteiger partial charge in [-0.3, -0.25) is 0 Å². The van der Waals surface area contributed by atoms with Crippen LogP contribution in [0.3, 0.4) is 0 Å². The zero-order valence-corrected chi connectivity index (χ0v) is 10.3. The Bertz CT molecular complexity index is 350. The summed E-state index contributed by atoms with van der Waals surface area (Å²) in [5.41, 5.74) is 8.91. The second-order valence-corrected chi connectivity index (χ2v) is 4.23. The standard InChI is InChI=1S/C13H21NO2/c1-9-6-10(2)11(3)13(7-9)16-5-4-12(15)8-14/h6-7,12,15H,4-5,8,14H2,1-3H3. The third kappa shape index (κ3) is 3.51. The van der Waals surface area contributed by atoms with Crippen molar-refractivity contribution >= 4 is 0 Å². The predicted octanol–water partition coefficient (Wildman–Crippen LogP) is 1.70. The van der Waals surface area contributed by atoms with Crippen molar-refractivity contribution in [3.63, 3.8) is 0 Å². The van der Waals surface area contributed by atoms with Gasteiger partial charge in [-0.2, -0.15) is 0 Å². The minimum Gasteiger partial charge on any atom is -0.493 e. The maximum atomic E-state index is 9.31. The largest absolute Gasteiger partial charge is 0.493 e. The first-order valence-electron chi connectivity index (χ1n) is 5.63. The van der Waals surface area contributed by atoms with E-state index in [1.165, 1.54) is 11.1 Å². The van der Waals surface area contributed by atoms with Gasteiger partial charge in [0.2, 0.25) is 0 Å². The summed E-state index contributed by atoms with van der Waals surface area (Å²) in [7, 11) is 0. The molecule has 0 bridgehead atoms. The van der Waals surface area contributed by atoms with Crippen LogP contribution in [0.1, 0.15) is 23.1 Å². The van der Waals surface area contributed by atoms with Crippen LogP contribution < -0.4 is 10.5 Å². The number of aryl methyl sites for hydroxylation is 2. The van der Waals surface area contributed by atoms with Crippen LogP contribution >= 0.6 is 0 Å². The van der Waals surface area contributed by atoms with Gasteiger partial charge < -0.3 is 15.6 Å². The van der Waals surface area contributed by atoms with Crippen molar-refractivity contribution in [1.29, 1.82) is 0 Å². The summed E-state index contributed by atoms with van der Waals surface area (Å²) in [6, 6.07) is 4.16. The SMILES string of the molecule is Cc1cc(C)c(C)c(OCCC(O)CN)c1. The average Bonchev–Trinajstić information content (AvgIpc) is 2.24. The molecular weight excluding hydrogens is 202 g/mol. The third-order valence-corrected chi connectivity index (χ3v) is 2.74. The minimum absolute atomic E-state index is 0.287. The Hall–Kier alpha value is -1.06. The lowest BCUT2D eigenvalue weighted by Gasteiger charge is -2.13. The molecule has 1 atom stereocenters. The zero-order chi connectivity index (χ0) is 12.1. The van der Waals surface area contributed by atoms with Crippen LogP contribution in [0.5, 0.6) is 5.75 Å². The summed E-state index contributed by atoms with van der Waals surface area (Å²) in [4.78, 5) is 0. The molecule has 16 heavy (non-hydrogen) atoms. The molecule has 0 fully saturated rings. The molecule has 3 N–H and O–H groups in total. The van der Waals surface area contributed by atoms with Gasteiger partial charge in [-0.15, -0.1) is 0 Å². The molecule has 0 heterocycles. The topological polar surface area (TPSA) is 55.5 Å². The number of benzene rings is 1. The van der Waals surface area contributed by atoms with Crippen LogP contribution in [0.15, 0.2) is 12.1 Å². The van der Waals surface area contributed by atoms with Gasteiger partial charge in [-0.05, 0) is 43.5 Å². The molecule has 0 aliphatic rings. The van der Waals surface area contributed by atoms with Gasteiger partial charge in [0.15, 0.2) is 0 Å². The number of hydrogen-bond donors (Lipinski definition) is 2. The normalized spacial score (nSPS) is 12.6. The molecule has 1 aromatic rings. The molecule has 1 aromatic carbocycles. The van der Waals surface area contributed by atoms with Gasteiger partial charge in [-0.25, -0.2) is 0 Å². The van der Waals surface area contributed by atoms with Gasteiger partial charge in [-0.1, -0.05) is 6.07 Å². The van der Waals surface area contributed by atoms with E-state index in [0.29, 0.717) is 13.0 Å². The Kier molecular flexibility index (Phi) is 4.77. The van der Waals surface area contributed by atoms with Crippen LogP contribution in [0.4, 0.5) is 0 Å². The van der Waals surface area contributed by atoms with Gasteiger partial charge >= 0.3 is 0 Å². The van der Waals surface area contributed by atoms with Crippen LogP contribution in [0.2, 0.25) is 0 Å². The molecular formula is C13H21NO2. The van der Waals surface area contributed by atoms with Gasteiger partial charge in [0, 0.05) is 13.0 Å². The number of ether oxygens (including phenoxy) is 1. The highest BCUT2D eigenvalue weighted by Gasteiger charge is 2.05. The summed E-state index contributed by atoms with van der Waals surface area (Å²) in [5.74, 6) is 0.904. The zero-order valence-electron chi connectivity index (χ0n) is 10.3. The third-order valence-electron chi connectivity index (χ3n) is 2.74. The second-order valence-electron chi connectivity index (χ2n) is 4.23. The molecule has 90 valence electrons. The smallest absolute Gasteiger partial charge is 0.122 e. The van der Waals surface area contributed by atoms with Crippen LogP contribution in [-0.2, 0) is 0 Å². The van der Waals surface area contributed by atoms with E-state index in [2.05, 4.69) is 13.0 Å². The van der Waals surface area contributed by atoms with Crippen LogP contribution in [-0.4, -0.2) is 24.4 Å². The first-order chi connectivity index (χ1) is 7.54. The highest BCUT2D eigenvalue weighted by atomic mass is 16.5. The Morgan fingerprint density at radius 1 is 1.31 bits per heavy atom. The molecule has 0 spiro atoms. The molecule has 1 unspecified atom stereocenters. The maximum Gasteiger partial charge on any atom is 0.122 e. The fourth-order valence-electron chi connectivity index (χ4n) is 1.57. The molecule has 3 heteroatoms. The van der Waals surface area contributed by atoms with Crippen molar-refractivity contribution in [2.45, 2.75) is 33.3 Å². The van der Waals surface area contributed by atoms with E-state index in [-0.39, 0.29) is 6.54 Å². The van der Waals surface area contributed by atoms with Gasteiger partial charge in [0.1, 0.15) is 5.75 Å². The molecule has 0 saturated carbocycles. The Balaban J connectivity index is 2.60. The van der Waals surface area contributed by atoms with Crippen molar-refractivity contribution in [1.82, 2.24) is 0 Å². The molecule has 0 amide bonds. The van der Waals surface area contributed by atoms with Crippen LogP contribution in [0, 0.1) is 20.8 Å². The number of aliphatic hydroxyl groups excluding tert-OH is 1. The number of rotatable bonds is 5. The lowest BCUT2D eigenvalue weighted by atomic mass is 10.1. The molecule has 0 aromatic heterocycles. The van der Waals surface area contributed by atoms with Crippen LogP contribution in [0.25, 0.3) is 0 Å². The number of nitrogens with two attached hydrogens (primary N) is 1. The Labute approximate surface area is 97.2 Å². The second kappa shape index (κ2) is 5.87. The van der Waals surface area contributed by atoms with E-state index in [4.69, 9.17) is 10.5 Å². The van der Waals surface area contributed by atoms with Gasteiger partial charge in [0.25, 0.3) is 0 Å². The van der Waals surface area contributed by atoms with E-state index in [0.717, 1.165) is 11.3 Å². The van der Waals surface area contributed by atoms with Crippen molar-refractivity contribution in [3.05, 3.63) is 28.8 Å². The first-order valence-corrected chi connectivity index (χ1v) is 5.63. The Morgan fingerprint density at radius 2 is 2.00 bits per heavy atom. The lowest BCUT2D eigenvalue weighted by molar-refractivity contribution is 0.146. The van der Waals surface area contributed by atoms with Crippen molar-refractivity contribution in [2.75, 3.05) is 13.2 Å². The van der Waals surface area contributed by atoms with E-state index >= 15 is 0 Å². The summed E-state index contributed by atoms with van der Waals surface area (Å²) in [6.45, 7) is 6.96. The first kappa shape index (κ1) is 13.0. The molecule has 1 rings (SSSR count). The fraction of sp³-hybridized carbons (Fsp3) is 0.538. The highest BCUT2D eigenvalue weighted by molar-refractivity contribution is 5.41. The maximum absolute atomic E-state index is 9.31. The highest BCUT2D eigenvalue weighted by Crippen LogP contribution is 2.23. The molecule has 3 nitrogen and oxygen atoms in total. The molecule has 0 radical (unpaired) electrons. The van der Waals surface area contributed by atoms with Gasteiger partial charge in [0.05, 0.1) is 12.7 Å². The van der Waals surface area contributed by atoms with Crippen molar-refractivity contribution in [2.24, 2.45) is 5.73 Å². The molecule has 0 aliphatic carbocycles. The molecule has 0 saturated heterocycles. The fourth-order valence-corrected chi connectivity index (χ4v) is 1.57. The van der Waals surface area contributed by atoms with E-state index in [1.807, 2.05) is 19.9 Å². The molecule has 0 aliphatic heterocycles. The number of aliphatic hydroxyl groups is 1. The predicted molar refractivity (Wildman–Crippen MR) is 65.8 cm³/mol. The van der Waals surface area contributed by atoms with E-state index < -0.39 is 6.10 Å². The Morgan fingerprint density at radius 3 is 2.62 bits per heavy atom. The van der Waals surface area contributed by atoms with E-state index in [9.17, 15) is 5.11 Å². The summed E-state index contributed by atoms with van der Waals surface area (Å²) < 4.78 is 5.66. The monoisotopic (exact) mass is 223 g/mol. The summed E-state index contributed by atoms with van der Waals surface area (Å²) >= 11 is 0. The van der Waals surface area contributed by atoms with E-state index in [1.54, 1.807) is 0 Å². The number of hydrogen-bond acceptors (Lipinski definition) is 3. The summed E-state index contributed by atoms with van der Waals surface area (Å²) in [6.07, 6.45) is 0.106.